The van der Waals surface area contributed by atoms with E-state index < -0.39 is 11.7 Å². The smallest absolute Gasteiger partial charge is 0.298 e. The van der Waals surface area contributed by atoms with Crippen molar-refractivity contribution in [1.29, 1.82) is 0 Å². The molecule has 4 heteroatoms. The molecule has 0 atom stereocenters. The fourth-order valence-corrected chi connectivity index (χ4v) is 2.04. The standard InChI is InChI=1S/C13H13NO3/c1-7-4-5-10-11(9(7)3)14(6-8(2)15)13(17)12(10)16/h4-5H,6H2,1-3H3. The average molecular weight is 231 g/mol. The fraction of sp³-hybridized carbons (Fsp3) is 0.308. The number of fused-ring (bicyclic) bond motifs is 1. The second-order valence-corrected chi connectivity index (χ2v) is 4.33. The van der Waals surface area contributed by atoms with Crippen molar-refractivity contribution in [2.75, 3.05) is 11.4 Å². The molecule has 1 amide bonds. The number of carbonyl (C=O) groups excluding carboxylic acids is 3. The molecule has 0 N–H and O–H groups in total. The number of carbonyl (C=O) groups is 3. The van der Waals surface area contributed by atoms with Crippen molar-refractivity contribution < 1.29 is 14.4 Å². The van der Waals surface area contributed by atoms with Gasteiger partial charge in [0.15, 0.2) is 0 Å². The number of amides is 1. The second kappa shape index (κ2) is 3.80. The molecule has 2 rings (SSSR count). The minimum atomic E-state index is -0.607. The van der Waals surface area contributed by atoms with Gasteiger partial charge < -0.3 is 0 Å². The highest BCUT2D eigenvalue weighted by Crippen LogP contribution is 2.33. The third-order valence-corrected chi connectivity index (χ3v) is 3.04. The van der Waals surface area contributed by atoms with E-state index in [-0.39, 0.29) is 12.3 Å². The number of hydrogen-bond donors (Lipinski definition) is 0. The van der Waals surface area contributed by atoms with Crippen molar-refractivity contribution in [3.05, 3.63) is 28.8 Å². The van der Waals surface area contributed by atoms with Crippen LogP contribution in [0.1, 0.15) is 28.4 Å². The zero-order valence-electron chi connectivity index (χ0n) is 10.0. The van der Waals surface area contributed by atoms with Gasteiger partial charge in [0.05, 0.1) is 17.8 Å². The Morgan fingerprint density at radius 1 is 1.24 bits per heavy atom. The molecule has 0 aromatic heterocycles. The van der Waals surface area contributed by atoms with E-state index in [9.17, 15) is 14.4 Å². The molecule has 17 heavy (non-hydrogen) atoms. The third kappa shape index (κ3) is 1.65. The van der Waals surface area contributed by atoms with E-state index in [4.69, 9.17) is 0 Å². The van der Waals surface area contributed by atoms with Crippen molar-refractivity contribution in [1.82, 2.24) is 0 Å². The highest BCUT2D eigenvalue weighted by atomic mass is 16.2. The van der Waals surface area contributed by atoms with Crippen LogP contribution in [-0.4, -0.2) is 24.0 Å². The van der Waals surface area contributed by atoms with Gasteiger partial charge in [0, 0.05) is 0 Å². The summed E-state index contributed by atoms with van der Waals surface area (Å²) in [6.45, 7) is 5.13. The molecule has 0 saturated heterocycles. The SMILES string of the molecule is CC(=O)CN1C(=O)C(=O)c2ccc(C)c(C)c21. The molecule has 0 bridgehead atoms. The summed E-state index contributed by atoms with van der Waals surface area (Å²) in [5.41, 5.74) is 2.87. The van der Waals surface area contributed by atoms with Crippen LogP contribution in [-0.2, 0) is 9.59 Å². The Balaban J connectivity index is 2.61. The first-order chi connectivity index (χ1) is 7.93. The van der Waals surface area contributed by atoms with Crippen LogP contribution < -0.4 is 4.90 Å². The van der Waals surface area contributed by atoms with Gasteiger partial charge in [-0.25, -0.2) is 0 Å². The lowest BCUT2D eigenvalue weighted by molar-refractivity contribution is -0.119. The van der Waals surface area contributed by atoms with Gasteiger partial charge in [0.2, 0.25) is 0 Å². The quantitative estimate of drug-likeness (QED) is 0.723. The molecule has 0 saturated carbocycles. The van der Waals surface area contributed by atoms with Crippen LogP contribution in [0.15, 0.2) is 12.1 Å². The van der Waals surface area contributed by atoms with Gasteiger partial charge in [0.25, 0.3) is 11.7 Å². The number of benzene rings is 1. The van der Waals surface area contributed by atoms with Gasteiger partial charge in [-0.3, -0.25) is 19.3 Å². The van der Waals surface area contributed by atoms with E-state index in [2.05, 4.69) is 0 Å². The van der Waals surface area contributed by atoms with Gasteiger partial charge in [0.1, 0.15) is 5.78 Å². The highest BCUT2D eigenvalue weighted by Gasteiger charge is 2.37. The second-order valence-electron chi connectivity index (χ2n) is 4.33. The fourth-order valence-electron chi connectivity index (χ4n) is 2.04. The van der Waals surface area contributed by atoms with Crippen LogP contribution in [0.25, 0.3) is 0 Å². The van der Waals surface area contributed by atoms with Crippen LogP contribution in [0, 0.1) is 13.8 Å². The summed E-state index contributed by atoms with van der Waals surface area (Å²) in [6, 6.07) is 3.47. The number of Topliss-reactive ketones (excluding diaryl/α,β-unsaturated/α-hetero) is 2. The molecule has 0 aliphatic carbocycles. The number of nitrogens with zero attached hydrogens (tertiary/aromatic N) is 1. The van der Waals surface area contributed by atoms with E-state index in [1.165, 1.54) is 11.8 Å². The number of ketones is 2. The molecule has 88 valence electrons. The Morgan fingerprint density at radius 3 is 2.47 bits per heavy atom. The topological polar surface area (TPSA) is 54.5 Å². The minimum Gasteiger partial charge on any atom is -0.298 e. The van der Waals surface area contributed by atoms with E-state index in [1.54, 1.807) is 6.07 Å². The Morgan fingerprint density at radius 2 is 1.88 bits per heavy atom. The van der Waals surface area contributed by atoms with Gasteiger partial charge in [-0.15, -0.1) is 0 Å². The molecular formula is C13H13NO3. The number of anilines is 1. The molecule has 1 heterocycles. The Labute approximate surface area is 99.2 Å². The van der Waals surface area contributed by atoms with Crippen LogP contribution in [0.4, 0.5) is 5.69 Å². The lowest BCUT2D eigenvalue weighted by Crippen LogP contribution is -2.34. The van der Waals surface area contributed by atoms with E-state index in [0.29, 0.717) is 11.3 Å². The first kappa shape index (κ1) is 11.5. The largest absolute Gasteiger partial charge is 0.299 e. The van der Waals surface area contributed by atoms with Crippen molar-refractivity contribution in [2.24, 2.45) is 0 Å². The first-order valence-corrected chi connectivity index (χ1v) is 5.39. The predicted molar refractivity (Wildman–Crippen MR) is 63.3 cm³/mol. The Bertz CT molecular complexity index is 546. The first-order valence-electron chi connectivity index (χ1n) is 5.39. The summed E-state index contributed by atoms with van der Waals surface area (Å²) in [7, 11) is 0. The van der Waals surface area contributed by atoms with Gasteiger partial charge >= 0.3 is 0 Å². The Kier molecular flexibility index (Phi) is 2.58. The molecule has 1 aromatic rings. The normalized spacial score (nSPS) is 14.2. The molecule has 1 aliphatic rings. The molecule has 0 fully saturated rings. The van der Waals surface area contributed by atoms with Crippen molar-refractivity contribution in [3.8, 4) is 0 Å². The van der Waals surface area contributed by atoms with Crippen molar-refractivity contribution in [3.63, 3.8) is 0 Å². The van der Waals surface area contributed by atoms with E-state index in [1.807, 2.05) is 19.9 Å². The maximum absolute atomic E-state index is 11.8. The zero-order valence-corrected chi connectivity index (χ0v) is 10.0. The van der Waals surface area contributed by atoms with Gasteiger partial charge in [-0.05, 0) is 38.0 Å². The monoisotopic (exact) mass is 231 g/mol. The lowest BCUT2D eigenvalue weighted by Gasteiger charge is -2.17. The summed E-state index contributed by atoms with van der Waals surface area (Å²) in [4.78, 5) is 36.0. The predicted octanol–water partition coefficient (Wildman–Crippen LogP) is 1.42. The highest BCUT2D eigenvalue weighted by molar-refractivity contribution is 6.52. The maximum Gasteiger partial charge on any atom is 0.299 e. The van der Waals surface area contributed by atoms with Gasteiger partial charge in [-0.2, -0.15) is 0 Å². The molecule has 0 unspecified atom stereocenters. The number of hydrogen-bond acceptors (Lipinski definition) is 3. The van der Waals surface area contributed by atoms with Crippen molar-refractivity contribution in [2.45, 2.75) is 20.8 Å². The van der Waals surface area contributed by atoms with Crippen LogP contribution in [0.5, 0.6) is 0 Å². The summed E-state index contributed by atoms with van der Waals surface area (Å²) in [5, 5.41) is 0. The molecular weight excluding hydrogens is 218 g/mol. The van der Waals surface area contributed by atoms with Crippen LogP contribution in [0.3, 0.4) is 0 Å². The van der Waals surface area contributed by atoms with E-state index in [0.717, 1.165) is 11.1 Å². The summed E-state index contributed by atoms with van der Waals surface area (Å²) < 4.78 is 0. The number of rotatable bonds is 2. The zero-order chi connectivity index (χ0) is 12.7. The summed E-state index contributed by atoms with van der Waals surface area (Å²) >= 11 is 0. The van der Waals surface area contributed by atoms with Crippen LogP contribution >= 0.6 is 0 Å². The maximum atomic E-state index is 11.8. The third-order valence-electron chi connectivity index (χ3n) is 3.04. The minimum absolute atomic E-state index is 0.0398. The number of aryl methyl sites for hydroxylation is 1. The van der Waals surface area contributed by atoms with E-state index >= 15 is 0 Å². The molecule has 1 aliphatic heterocycles. The summed E-state index contributed by atoms with van der Waals surface area (Å²) in [5.74, 6) is -1.27. The summed E-state index contributed by atoms with van der Waals surface area (Å²) in [6.07, 6.45) is 0. The van der Waals surface area contributed by atoms with Gasteiger partial charge in [-0.1, -0.05) is 6.07 Å². The van der Waals surface area contributed by atoms with Crippen LogP contribution in [0.2, 0.25) is 0 Å². The lowest BCUT2D eigenvalue weighted by atomic mass is 10.0. The molecule has 0 radical (unpaired) electrons. The molecule has 4 nitrogen and oxygen atoms in total. The molecule has 0 spiro atoms. The average Bonchev–Trinajstić information content (AvgIpc) is 2.49. The Hall–Kier alpha value is -1.97. The molecule has 1 aromatic carbocycles. The van der Waals surface area contributed by atoms with Crippen molar-refractivity contribution >= 4 is 23.2 Å².